The molecule has 0 bridgehead atoms. The lowest BCUT2D eigenvalue weighted by atomic mass is 9.98. The Bertz CT molecular complexity index is 646. The predicted octanol–water partition coefficient (Wildman–Crippen LogP) is 4.48. The molecular formula is C16H24N3O4P. The Labute approximate surface area is 142 Å². The molecule has 3 rings (SSSR count). The normalized spacial score (nSPS) is 22.9. The summed E-state index contributed by atoms with van der Waals surface area (Å²) in [7, 11) is -3.30. The molecule has 2 aliphatic rings. The van der Waals surface area contributed by atoms with Crippen LogP contribution in [0, 0.1) is 0 Å². The van der Waals surface area contributed by atoms with Crippen LogP contribution in [0.4, 0.5) is 16.2 Å². The summed E-state index contributed by atoms with van der Waals surface area (Å²) < 4.78 is 23.7. The average molecular weight is 353 g/mol. The number of nitrogens with one attached hydrogen (secondary N) is 3. The number of rotatable bonds is 5. The van der Waals surface area contributed by atoms with Crippen LogP contribution in [0.15, 0.2) is 18.2 Å². The lowest BCUT2D eigenvalue weighted by Gasteiger charge is -2.23. The minimum absolute atomic E-state index is 0.0793. The standard InChI is InChI=1S/C16H24N3O4P/c1-2-10-22-13-8-9-14-15(11-13)18-24(21,17-14)19-16(20)23-12-6-4-3-5-7-12/h8-9,11-12H,2-7,10H2,1H3,(H3,17,18,19,20,21). The van der Waals surface area contributed by atoms with E-state index in [4.69, 9.17) is 9.47 Å². The van der Waals surface area contributed by atoms with Crippen molar-refractivity contribution in [3.05, 3.63) is 18.2 Å². The van der Waals surface area contributed by atoms with Crippen molar-refractivity contribution in [2.24, 2.45) is 0 Å². The molecule has 1 aromatic rings. The number of ether oxygens (including phenoxy) is 2. The van der Waals surface area contributed by atoms with Gasteiger partial charge in [0.1, 0.15) is 11.9 Å². The van der Waals surface area contributed by atoms with E-state index in [0.717, 1.165) is 32.1 Å². The SMILES string of the molecule is CCCOc1ccc2c(c1)NP(=O)(NC(=O)OC1CCCCC1)N2. The third-order valence-electron chi connectivity index (χ3n) is 4.09. The van der Waals surface area contributed by atoms with Crippen LogP contribution >= 0.6 is 7.59 Å². The molecule has 1 unspecified atom stereocenters. The number of anilines is 2. The molecule has 1 saturated carbocycles. The highest BCUT2D eigenvalue weighted by molar-refractivity contribution is 7.66. The van der Waals surface area contributed by atoms with Crippen LogP contribution in [-0.4, -0.2) is 18.8 Å². The van der Waals surface area contributed by atoms with Gasteiger partial charge in [-0.25, -0.2) is 9.88 Å². The highest BCUT2D eigenvalue weighted by Gasteiger charge is 2.34. The van der Waals surface area contributed by atoms with Crippen LogP contribution in [0.5, 0.6) is 5.75 Å². The molecule has 1 amide bonds. The van der Waals surface area contributed by atoms with Gasteiger partial charge in [-0.3, -0.25) is 4.57 Å². The monoisotopic (exact) mass is 353 g/mol. The van der Waals surface area contributed by atoms with Gasteiger partial charge in [-0.05, 0) is 44.2 Å². The minimum atomic E-state index is -3.30. The van der Waals surface area contributed by atoms with E-state index in [0.29, 0.717) is 23.7 Å². The number of benzene rings is 1. The number of hydrogen-bond acceptors (Lipinski definition) is 4. The fourth-order valence-electron chi connectivity index (χ4n) is 2.94. The molecule has 0 radical (unpaired) electrons. The second-order valence-electron chi connectivity index (χ2n) is 6.17. The fraction of sp³-hybridized carbons (Fsp3) is 0.562. The van der Waals surface area contributed by atoms with Crippen molar-refractivity contribution in [3.63, 3.8) is 0 Å². The van der Waals surface area contributed by atoms with Crippen molar-refractivity contribution in [1.29, 1.82) is 0 Å². The quantitative estimate of drug-likeness (QED) is 0.677. The van der Waals surface area contributed by atoms with Crippen LogP contribution in [0.25, 0.3) is 0 Å². The Morgan fingerprint density at radius 2 is 2.00 bits per heavy atom. The van der Waals surface area contributed by atoms with Crippen LogP contribution in [0.1, 0.15) is 45.4 Å². The zero-order valence-electron chi connectivity index (χ0n) is 13.8. The van der Waals surface area contributed by atoms with E-state index in [2.05, 4.69) is 15.3 Å². The molecular weight excluding hydrogens is 329 g/mol. The Morgan fingerprint density at radius 3 is 2.75 bits per heavy atom. The average Bonchev–Trinajstić information content (AvgIpc) is 2.88. The van der Waals surface area contributed by atoms with Gasteiger partial charge < -0.3 is 19.6 Å². The molecule has 132 valence electrons. The van der Waals surface area contributed by atoms with E-state index < -0.39 is 13.7 Å². The number of fused-ring (bicyclic) bond motifs is 1. The Balaban J connectivity index is 1.58. The Kier molecular flexibility index (Phi) is 5.19. The third kappa shape index (κ3) is 4.15. The molecule has 3 N–H and O–H groups in total. The molecule has 8 heteroatoms. The van der Waals surface area contributed by atoms with Gasteiger partial charge in [-0.2, -0.15) is 0 Å². The summed E-state index contributed by atoms with van der Waals surface area (Å²) in [5.41, 5.74) is 1.31. The maximum Gasteiger partial charge on any atom is 0.415 e. The van der Waals surface area contributed by atoms with Crippen molar-refractivity contribution >= 4 is 25.1 Å². The van der Waals surface area contributed by atoms with Gasteiger partial charge in [0.2, 0.25) is 0 Å². The maximum atomic E-state index is 12.8. The summed E-state index contributed by atoms with van der Waals surface area (Å²) in [5, 5.41) is 8.13. The molecule has 0 saturated heterocycles. The van der Waals surface area contributed by atoms with Gasteiger partial charge in [-0.15, -0.1) is 0 Å². The van der Waals surface area contributed by atoms with E-state index >= 15 is 0 Å². The zero-order chi connectivity index (χ0) is 17.0. The number of hydrogen-bond donors (Lipinski definition) is 3. The summed E-state index contributed by atoms with van der Waals surface area (Å²) in [5.74, 6) is 0.697. The fourth-order valence-corrected chi connectivity index (χ4v) is 4.47. The summed E-state index contributed by atoms with van der Waals surface area (Å²) in [6.45, 7) is 2.65. The number of amides is 1. The molecule has 1 fully saturated rings. The molecule has 24 heavy (non-hydrogen) atoms. The van der Waals surface area contributed by atoms with Crippen molar-refractivity contribution in [1.82, 2.24) is 5.09 Å². The zero-order valence-corrected chi connectivity index (χ0v) is 14.7. The van der Waals surface area contributed by atoms with Crippen molar-refractivity contribution in [3.8, 4) is 5.75 Å². The first-order valence-corrected chi connectivity index (χ1v) is 10.2. The van der Waals surface area contributed by atoms with Crippen LogP contribution in [-0.2, 0) is 9.30 Å². The molecule has 1 atom stereocenters. The topological polar surface area (TPSA) is 88.7 Å². The highest BCUT2D eigenvalue weighted by Crippen LogP contribution is 2.52. The first-order valence-electron chi connectivity index (χ1n) is 8.50. The van der Waals surface area contributed by atoms with Gasteiger partial charge >= 0.3 is 13.7 Å². The Morgan fingerprint density at radius 1 is 1.25 bits per heavy atom. The third-order valence-corrected chi connectivity index (χ3v) is 5.70. The minimum Gasteiger partial charge on any atom is -0.494 e. The second kappa shape index (κ2) is 7.34. The van der Waals surface area contributed by atoms with Crippen molar-refractivity contribution in [2.75, 3.05) is 16.8 Å². The van der Waals surface area contributed by atoms with Crippen LogP contribution < -0.4 is 20.0 Å². The van der Waals surface area contributed by atoms with Crippen LogP contribution in [0.3, 0.4) is 0 Å². The van der Waals surface area contributed by atoms with Gasteiger partial charge in [-0.1, -0.05) is 13.3 Å². The molecule has 1 heterocycles. The van der Waals surface area contributed by atoms with Crippen LogP contribution in [0.2, 0.25) is 0 Å². The molecule has 0 aromatic heterocycles. The predicted molar refractivity (Wildman–Crippen MR) is 93.6 cm³/mol. The van der Waals surface area contributed by atoms with E-state index in [-0.39, 0.29) is 6.10 Å². The lowest BCUT2D eigenvalue weighted by molar-refractivity contribution is 0.0797. The highest BCUT2D eigenvalue weighted by atomic mass is 31.2. The van der Waals surface area contributed by atoms with E-state index in [1.54, 1.807) is 18.2 Å². The molecule has 1 aliphatic heterocycles. The maximum absolute atomic E-state index is 12.8. The molecule has 1 aromatic carbocycles. The van der Waals surface area contributed by atoms with Crippen molar-refractivity contribution in [2.45, 2.75) is 51.6 Å². The van der Waals surface area contributed by atoms with Gasteiger partial charge in [0, 0.05) is 6.07 Å². The Hall–Kier alpha value is -1.88. The smallest absolute Gasteiger partial charge is 0.415 e. The first kappa shape index (κ1) is 17.0. The molecule has 0 spiro atoms. The summed E-state index contributed by atoms with van der Waals surface area (Å²) >= 11 is 0. The summed E-state index contributed by atoms with van der Waals surface area (Å²) in [6.07, 6.45) is 5.24. The van der Waals surface area contributed by atoms with Crippen molar-refractivity contribution < 1.29 is 18.8 Å². The summed E-state index contributed by atoms with van der Waals surface area (Å²) in [6, 6.07) is 5.35. The summed E-state index contributed by atoms with van der Waals surface area (Å²) in [4.78, 5) is 12.0. The molecule has 7 nitrogen and oxygen atoms in total. The largest absolute Gasteiger partial charge is 0.494 e. The van der Waals surface area contributed by atoms with Gasteiger partial charge in [0.05, 0.1) is 18.0 Å². The van der Waals surface area contributed by atoms with Gasteiger partial charge in [0.25, 0.3) is 0 Å². The first-order chi connectivity index (χ1) is 11.6. The van der Waals surface area contributed by atoms with E-state index in [9.17, 15) is 9.36 Å². The van der Waals surface area contributed by atoms with E-state index in [1.807, 2.05) is 6.92 Å². The second-order valence-corrected chi connectivity index (χ2v) is 8.06. The van der Waals surface area contributed by atoms with E-state index in [1.165, 1.54) is 6.42 Å². The number of carbonyl (C=O) groups is 1. The van der Waals surface area contributed by atoms with Gasteiger partial charge in [0.15, 0.2) is 0 Å². The lowest BCUT2D eigenvalue weighted by Crippen LogP contribution is -2.30. The molecule has 1 aliphatic carbocycles. The number of carbonyl (C=O) groups excluding carboxylic acids is 1.